The van der Waals surface area contributed by atoms with Crippen LogP contribution in [0, 0.1) is 11.8 Å². The number of hydrogen-bond donors (Lipinski definition) is 2. The Labute approximate surface area is 318 Å². The number of aliphatic hydroxyl groups is 2. The van der Waals surface area contributed by atoms with Crippen molar-refractivity contribution in [3.63, 3.8) is 0 Å². The van der Waals surface area contributed by atoms with Gasteiger partial charge in [-0.25, -0.2) is 8.42 Å². The van der Waals surface area contributed by atoms with Crippen molar-refractivity contribution in [2.45, 2.75) is 105 Å². The Morgan fingerprint density at radius 1 is 0.667 bits per heavy atom. The molecule has 0 spiro atoms. The predicted molar refractivity (Wildman–Crippen MR) is 199 cm³/mol. The fourth-order valence-electron chi connectivity index (χ4n) is 3.02. The SMILES string of the molecule is C=C.C=C.C=C.C=C.C=C.CCCCC(CC)COC(=O)CC(C(=O)OCC(CC)CCCC)S(=O)(=O)[O-].CCOCC.OCCO.[Na+]. The maximum atomic E-state index is 12.1. The molecule has 0 saturated heterocycles. The quantitative estimate of drug-likeness (QED) is 0.0819. The molecule has 284 valence electrons. The second kappa shape index (κ2) is 64.0. The van der Waals surface area contributed by atoms with Gasteiger partial charge in [-0.3, -0.25) is 9.59 Å². The molecule has 0 heterocycles. The molecule has 2 N–H and O–H groups in total. The summed E-state index contributed by atoms with van der Waals surface area (Å²) in [6.07, 6.45) is 6.58. The molecule has 0 rings (SSSR count). The molecule has 3 unspecified atom stereocenters. The Morgan fingerprint density at radius 3 is 1.23 bits per heavy atom. The summed E-state index contributed by atoms with van der Waals surface area (Å²) in [5.74, 6) is -1.74. The van der Waals surface area contributed by atoms with Crippen molar-refractivity contribution in [2.75, 3.05) is 39.6 Å². The molecule has 12 heteroatoms. The number of hydrogen-bond acceptors (Lipinski definition) is 10. The van der Waals surface area contributed by atoms with Crippen molar-refractivity contribution in [1.82, 2.24) is 0 Å². The van der Waals surface area contributed by atoms with Crippen molar-refractivity contribution in [1.29, 1.82) is 0 Å². The van der Waals surface area contributed by atoms with E-state index in [0.717, 1.165) is 64.6 Å². The van der Waals surface area contributed by atoms with E-state index in [1.165, 1.54) is 0 Å². The summed E-state index contributed by atoms with van der Waals surface area (Å²) in [4.78, 5) is 24.1. The van der Waals surface area contributed by atoms with Gasteiger partial charge in [0.2, 0.25) is 0 Å². The number of unbranched alkanes of at least 4 members (excludes halogenated alkanes) is 2. The molecule has 0 bridgehead atoms. The molecule has 0 radical (unpaired) electrons. The zero-order valence-corrected chi connectivity index (χ0v) is 34.8. The first-order valence-corrected chi connectivity index (χ1v) is 17.6. The zero-order valence-electron chi connectivity index (χ0n) is 32.0. The van der Waals surface area contributed by atoms with Crippen LogP contribution in [0.5, 0.6) is 0 Å². The van der Waals surface area contributed by atoms with Crippen LogP contribution >= 0.6 is 0 Å². The van der Waals surface area contributed by atoms with Gasteiger partial charge >= 0.3 is 41.5 Å². The number of aliphatic hydroxyl groups excluding tert-OH is 2. The Morgan fingerprint density at radius 2 is 1.00 bits per heavy atom. The monoisotopic (exact) mass is 720 g/mol. The van der Waals surface area contributed by atoms with Gasteiger partial charge < -0.3 is 29.0 Å². The zero-order chi connectivity index (χ0) is 39.1. The minimum atomic E-state index is -5.01. The van der Waals surface area contributed by atoms with Crippen LogP contribution in [0.4, 0.5) is 0 Å². The van der Waals surface area contributed by atoms with E-state index < -0.39 is 33.7 Å². The molecule has 48 heavy (non-hydrogen) atoms. The maximum Gasteiger partial charge on any atom is 1.00 e. The van der Waals surface area contributed by atoms with Crippen LogP contribution in [0.15, 0.2) is 65.8 Å². The van der Waals surface area contributed by atoms with Crippen molar-refractivity contribution < 1.29 is 76.5 Å². The van der Waals surface area contributed by atoms with Crippen LogP contribution in [0.2, 0.25) is 0 Å². The number of rotatable bonds is 19. The Hall–Kier alpha value is -1.57. The van der Waals surface area contributed by atoms with Gasteiger partial charge in [0.25, 0.3) is 0 Å². The number of esters is 2. The third-order valence-corrected chi connectivity index (χ3v) is 6.56. The molecule has 10 nitrogen and oxygen atoms in total. The van der Waals surface area contributed by atoms with Gasteiger partial charge in [0, 0.05) is 13.2 Å². The van der Waals surface area contributed by atoms with Gasteiger partial charge in [0.15, 0.2) is 5.25 Å². The van der Waals surface area contributed by atoms with Crippen LogP contribution in [0.3, 0.4) is 0 Å². The summed E-state index contributed by atoms with van der Waals surface area (Å²) in [5, 5.41) is 13.2. The molecule has 0 fully saturated rings. The van der Waals surface area contributed by atoms with Crippen LogP contribution in [-0.2, 0) is 33.9 Å². The van der Waals surface area contributed by atoms with E-state index in [-0.39, 0.29) is 67.8 Å². The van der Waals surface area contributed by atoms with Crippen LogP contribution in [0.25, 0.3) is 0 Å². The average Bonchev–Trinajstić information content (AvgIpc) is 3.11. The predicted octanol–water partition coefficient (Wildman–Crippen LogP) is 4.84. The molecule has 0 aromatic rings. The minimum absolute atomic E-state index is 0. The molecule has 0 aromatic heterocycles. The molecule has 3 atom stereocenters. The minimum Gasteiger partial charge on any atom is -0.747 e. The Balaban J connectivity index is -0.0000000903. The van der Waals surface area contributed by atoms with Gasteiger partial charge in [0.1, 0.15) is 10.1 Å². The largest absolute Gasteiger partial charge is 1.00 e. The van der Waals surface area contributed by atoms with E-state index in [1.54, 1.807) is 0 Å². The number of ether oxygens (including phenoxy) is 3. The Bertz CT molecular complexity index is 693. The van der Waals surface area contributed by atoms with Gasteiger partial charge in [0.05, 0.1) is 32.8 Å². The molecule has 0 aliphatic carbocycles. The molecule has 0 aliphatic heterocycles. The second-order valence-corrected chi connectivity index (χ2v) is 10.1. The molecule has 0 amide bonds. The van der Waals surface area contributed by atoms with Gasteiger partial charge in [-0.15, -0.1) is 65.8 Å². The Kier molecular flexibility index (Phi) is 91.2. The topological polar surface area (TPSA) is 159 Å². The molecule has 0 aromatic carbocycles. The molecule has 0 saturated carbocycles. The number of carbonyl (C=O) groups excluding carboxylic acids is 2. The van der Waals surface area contributed by atoms with E-state index in [0.29, 0.717) is 0 Å². The first-order valence-electron chi connectivity index (χ1n) is 16.1. The van der Waals surface area contributed by atoms with Gasteiger partial charge in [-0.1, -0.05) is 66.2 Å². The summed E-state index contributed by atoms with van der Waals surface area (Å²) < 4.78 is 49.4. The van der Waals surface area contributed by atoms with Crippen molar-refractivity contribution >= 4 is 22.1 Å². The van der Waals surface area contributed by atoms with E-state index in [1.807, 2.05) is 27.7 Å². The smallest absolute Gasteiger partial charge is 0.747 e. The fraction of sp³-hybridized carbons (Fsp3) is 0.667. The van der Waals surface area contributed by atoms with Crippen LogP contribution in [0.1, 0.15) is 99.3 Å². The average molecular weight is 721 g/mol. The summed E-state index contributed by atoms with van der Waals surface area (Å²) in [6, 6.07) is 0. The van der Waals surface area contributed by atoms with Crippen molar-refractivity contribution in [3.05, 3.63) is 65.8 Å². The summed E-state index contributed by atoms with van der Waals surface area (Å²) in [5.41, 5.74) is 0. The first kappa shape index (κ1) is 68.4. The van der Waals surface area contributed by atoms with Crippen LogP contribution < -0.4 is 29.6 Å². The molecular weight excluding hydrogens is 647 g/mol. The first-order chi connectivity index (χ1) is 22.5. The van der Waals surface area contributed by atoms with Gasteiger partial charge in [-0.2, -0.15) is 0 Å². The van der Waals surface area contributed by atoms with E-state index in [2.05, 4.69) is 79.6 Å². The van der Waals surface area contributed by atoms with E-state index >= 15 is 0 Å². The third-order valence-electron chi connectivity index (χ3n) is 5.50. The van der Waals surface area contributed by atoms with Crippen LogP contribution in [-0.4, -0.2) is 80.0 Å². The second-order valence-electron chi connectivity index (χ2n) is 8.56. The summed E-state index contributed by atoms with van der Waals surface area (Å²) in [7, 11) is -5.01. The van der Waals surface area contributed by atoms with Gasteiger partial charge in [-0.05, 0) is 38.5 Å². The van der Waals surface area contributed by atoms with E-state index in [9.17, 15) is 22.6 Å². The van der Waals surface area contributed by atoms with E-state index in [4.69, 9.17) is 24.4 Å². The molecule has 0 aliphatic rings. The fourth-order valence-corrected chi connectivity index (χ4v) is 3.66. The summed E-state index contributed by atoms with van der Waals surface area (Å²) in [6.45, 7) is 43.7. The van der Waals surface area contributed by atoms with Crippen molar-refractivity contribution in [2.24, 2.45) is 11.8 Å². The maximum absolute atomic E-state index is 12.1. The standard InChI is InChI=1S/C20H38O7S.C4H10O.C2H6O2.5C2H4.Na/c1-5-9-11-16(7-3)14-26-19(21)13-18(28(23,24)25)20(22)27-15-17(8-4)12-10-6-2;1-3-5-4-2;3-1-2-4;5*1-2;/h16-18H,5-15H2,1-4H3,(H,23,24,25);3-4H2,1-2H3;3-4H,1-2H2;5*1-2H2;/q;;;;;;;;+1/p-1. The molecular formula is C36H73NaO10S. The van der Waals surface area contributed by atoms with Crippen molar-refractivity contribution in [3.8, 4) is 0 Å². The number of carbonyl (C=O) groups is 2. The summed E-state index contributed by atoms with van der Waals surface area (Å²) >= 11 is 0. The third kappa shape index (κ3) is 59.8. The normalized spacial score (nSPS) is 10.6.